The van der Waals surface area contributed by atoms with Gasteiger partial charge in [-0.1, -0.05) is 6.92 Å². The fraction of sp³-hybridized carbons (Fsp3) is 0.500. The first-order valence-electron chi connectivity index (χ1n) is 7.29. The van der Waals surface area contributed by atoms with Crippen LogP contribution >= 0.6 is 0 Å². The molecule has 0 atom stereocenters. The second-order valence-corrected chi connectivity index (χ2v) is 6.65. The Morgan fingerprint density at radius 3 is 2.80 bits per heavy atom. The lowest BCUT2D eigenvalue weighted by atomic mass is 10.1. The van der Waals surface area contributed by atoms with E-state index >= 15 is 0 Å². The van der Waals surface area contributed by atoms with Crippen LogP contribution in [-0.2, 0) is 6.54 Å². The molecule has 20 heavy (non-hydrogen) atoms. The van der Waals surface area contributed by atoms with E-state index in [1.165, 1.54) is 25.7 Å². The Kier molecular flexibility index (Phi) is 2.29. The van der Waals surface area contributed by atoms with E-state index in [0.29, 0.717) is 16.9 Å². The third kappa shape index (κ3) is 1.90. The molecule has 0 spiro atoms. The van der Waals surface area contributed by atoms with Gasteiger partial charge in [0, 0.05) is 12.5 Å². The molecule has 0 bridgehead atoms. The lowest BCUT2D eigenvalue weighted by Gasteiger charge is -2.13. The minimum absolute atomic E-state index is 0.349. The molecule has 0 unspecified atom stereocenters. The smallest absolute Gasteiger partial charge is 0.335 e. The zero-order valence-corrected chi connectivity index (χ0v) is 11.6. The fourth-order valence-corrected chi connectivity index (χ4v) is 2.85. The first-order valence-corrected chi connectivity index (χ1v) is 7.29. The predicted octanol–water partition coefficient (Wildman–Crippen LogP) is 3.41. The summed E-state index contributed by atoms with van der Waals surface area (Å²) in [4.78, 5) is 15.9. The van der Waals surface area contributed by atoms with Crippen molar-refractivity contribution >= 4 is 17.0 Å². The summed E-state index contributed by atoms with van der Waals surface area (Å²) in [5, 5.41) is 9.18. The summed E-state index contributed by atoms with van der Waals surface area (Å²) in [5.74, 6) is 0.874. The number of aromatic carboxylic acids is 1. The molecule has 1 aromatic carbocycles. The molecule has 1 N–H and O–H groups in total. The molecule has 0 aliphatic heterocycles. The summed E-state index contributed by atoms with van der Waals surface area (Å²) in [6.07, 6.45) is 4.95. The zero-order valence-electron chi connectivity index (χ0n) is 11.6. The Morgan fingerprint density at radius 2 is 2.20 bits per heavy atom. The van der Waals surface area contributed by atoms with Crippen molar-refractivity contribution in [3.8, 4) is 0 Å². The van der Waals surface area contributed by atoms with Crippen molar-refractivity contribution in [2.24, 2.45) is 5.41 Å². The molecule has 1 aromatic heterocycles. The van der Waals surface area contributed by atoms with Gasteiger partial charge in [0.2, 0.25) is 0 Å². The quantitative estimate of drug-likeness (QED) is 0.926. The topological polar surface area (TPSA) is 55.1 Å². The van der Waals surface area contributed by atoms with E-state index in [1.807, 2.05) is 6.07 Å². The number of carboxylic acids is 1. The van der Waals surface area contributed by atoms with Crippen LogP contribution in [0.15, 0.2) is 18.2 Å². The highest BCUT2D eigenvalue weighted by Gasteiger charge is 2.40. The van der Waals surface area contributed by atoms with Crippen LogP contribution in [0.3, 0.4) is 0 Å². The molecule has 2 saturated carbocycles. The van der Waals surface area contributed by atoms with Gasteiger partial charge in [-0.3, -0.25) is 0 Å². The molecule has 2 aliphatic carbocycles. The number of carboxylic acid groups (broad SMARTS) is 1. The minimum Gasteiger partial charge on any atom is -0.478 e. The highest BCUT2D eigenvalue weighted by Crippen LogP contribution is 2.49. The van der Waals surface area contributed by atoms with E-state index in [9.17, 15) is 9.90 Å². The number of aromatic nitrogens is 2. The molecule has 1 heterocycles. The van der Waals surface area contributed by atoms with Gasteiger partial charge < -0.3 is 9.67 Å². The third-order valence-electron chi connectivity index (χ3n) is 4.61. The Bertz CT molecular complexity index is 709. The van der Waals surface area contributed by atoms with Crippen molar-refractivity contribution in [3.05, 3.63) is 29.6 Å². The lowest BCUT2D eigenvalue weighted by molar-refractivity contribution is 0.0697. The average molecular weight is 270 g/mol. The molecular weight excluding hydrogens is 252 g/mol. The van der Waals surface area contributed by atoms with E-state index < -0.39 is 5.97 Å². The van der Waals surface area contributed by atoms with Crippen LogP contribution in [0.4, 0.5) is 0 Å². The number of rotatable bonds is 4. The number of hydrogen-bond donors (Lipinski definition) is 1. The maximum atomic E-state index is 11.2. The van der Waals surface area contributed by atoms with Crippen LogP contribution in [0.5, 0.6) is 0 Å². The molecule has 4 heteroatoms. The molecule has 0 radical (unpaired) electrons. The van der Waals surface area contributed by atoms with Gasteiger partial charge >= 0.3 is 5.97 Å². The van der Waals surface area contributed by atoms with Gasteiger partial charge in [0.1, 0.15) is 5.82 Å². The van der Waals surface area contributed by atoms with Gasteiger partial charge in [-0.25, -0.2) is 9.78 Å². The largest absolute Gasteiger partial charge is 0.478 e. The lowest BCUT2D eigenvalue weighted by Crippen LogP contribution is -2.11. The van der Waals surface area contributed by atoms with Crippen molar-refractivity contribution < 1.29 is 9.90 Å². The molecule has 2 aliphatic rings. The molecule has 0 amide bonds. The Morgan fingerprint density at radius 1 is 1.45 bits per heavy atom. The van der Waals surface area contributed by atoms with Crippen LogP contribution in [0.2, 0.25) is 0 Å². The monoisotopic (exact) mass is 270 g/mol. The molecule has 4 rings (SSSR count). The van der Waals surface area contributed by atoms with Crippen molar-refractivity contribution in [2.75, 3.05) is 0 Å². The van der Waals surface area contributed by atoms with Crippen LogP contribution in [-0.4, -0.2) is 20.6 Å². The van der Waals surface area contributed by atoms with Crippen molar-refractivity contribution in [2.45, 2.75) is 45.1 Å². The molecule has 4 nitrogen and oxygen atoms in total. The number of hydrogen-bond acceptors (Lipinski definition) is 2. The summed E-state index contributed by atoms with van der Waals surface area (Å²) in [6.45, 7) is 3.27. The first kappa shape index (κ1) is 11.9. The summed E-state index contributed by atoms with van der Waals surface area (Å²) in [5.41, 5.74) is 2.65. The van der Waals surface area contributed by atoms with E-state index in [2.05, 4.69) is 11.5 Å². The number of fused-ring (bicyclic) bond motifs is 1. The average Bonchev–Trinajstić information content (AvgIpc) is 3.32. The Labute approximate surface area is 117 Å². The standard InChI is InChI=1S/C16H18N2O2/c1-16(6-7-16)9-18-13-8-11(15(19)20)4-5-12(13)17-14(18)10-2-3-10/h4-5,8,10H,2-3,6-7,9H2,1H3,(H,19,20). The van der Waals surface area contributed by atoms with Crippen molar-refractivity contribution in [3.63, 3.8) is 0 Å². The molecule has 2 aromatic rings. The van der Waals surface area contributed by atoms with E-state index in [-0.39, 0.29) is 0 Å². The summed E-state index contributed by atoms with van der Waals surface area (Å²) < 4.78 is 2.28. The summed E-state index contributed by atoms with van der Waals surface area (Å²) >= 11 is 0. The first-order chi connectivity index (χ1) is 9.56. The van der Waals surface area contributed by atoms with Crippen molar-refractivity contribution in [1.82, 2.24) is 9.55 Å². The van der Waals surface area contributed by atoms with E-state index in [1.54, 1.807) is 12.1 Å². The zero-order chi connectivity index (χ0) is 13.9. The van der Waals surface area contributed by atoms with Crippen LogP contribution in [0.25, 0.3) is 11.0 Å². The number of carbonyl (C=O) groups is 1. The van der Waals surface area contributed by atoms with Gasteiger partial charge in [0.05, 0.1) is 16.6 Å². The van der Waals surface area contributed by atoms with Crippen LogP contribution < -0.4 is 0 Å². The number of imidazole rings is 1. The second-order valence-electron chi connectivity index (χ2n) is 6.65. The second kappa shape index (κ2) is 3.84. The summed E-state index contributed by atoms with van der Waals surface area (Å²) in [7, 11) is 0. The van der Waals surface area contributed by atoms with Gasteiger partial charge in [-0.05, 0) is 49.3 Å². The number of nitrogens with zero attached hydrogens (tertiary/aromatic N) is 2. The molecule has 104 valence electrons. The van der Waals surface area contributed by atoms with Crippen molar-refractivity contribution in [1.29, 1.82) is 0 Å². The van der Waals surface area contributed by atoms with E-state index in [4.69, 9.17) is 4.98 Å². The highest BCUT2D eigenvalue weighted by atomic mass is 16.4. The maximum Gasteiger partial charge on any atom is 0.335 e. The highest BCUT2D eigenvalue weighted by molar-refractivity contribution is 5.92. The number of benzene rings is 1. The normalized spacial score (nSPS) is 20.2. The van der Waals surface area contributed by atoms with Gasteiger partial charge in [-0.15, -0.1) is 0 Å². The minimum atomic E-state index is -0.870. The van der Waals surface area contributed by atoms with E-state index in [0.717, 1.165) is 23.4 Å². The molecular formula is C16H18N2O2. The maximum absolute atomic E-state index is 11.2. The SMILES string of the molecule is CC1(Cn2c(C3CC3)nc3ccc(C(=O)O)cc32)CC1. The van der Waals surface area contributed by atoms with Gasteiger partial charge in [0.15, 0.2) is 0 Å². The Balaban J connectivity index is 1.87. The molecule has 0 saturated heterocycles. The van der Waals surface area contributed by atoms with Crippen LogP contribution in [0, 0.1) is 5.41 Å². The molecule has 2 fully saturated rings. The van der Waals surface area contributed by atoms with Crippen LogP contribution in [0.1, 0.15) is 54.7 Å². The van der Waals surface area contributed by atoms with Gasteiger partial charge in [-0.2, -0.15) is 0 Å². The summed E-state index contributed by atoms with van der Waals surface area (Å²) in [6, 6.07) is 5.27. The third-order valence-corrected chi connectivity index (χ3v) is 4.61. The Hall–Kier alpha value is -1.84. The van der Waals surface area contributed by atoms with Gasteiger partial charge in [0.25, 0.3) is 0 Å². The predicted molar refractivity (Wildman–Crippen MR) is 76.0 cm³/mol. The fourth-order valence-electron chi connectivity index (χ4n) is 2.85.